The fourth-order valence-corrected chi connectivity index (χ4v) is 1.92. The topological polar surface area (TPSA) is 44.5 Å². The molecule has 0 spiro atoms. The second kappa shape index (κ2) is 8.27. The van der Waals surface area contributed by atoms with Gasteiger partial charge < -0.3 is 15.2 Å². The molecule has 1 unspecified atom stereocenters. The van der Waals surface area contributed by atoms with Gasteiger partial charge in [0.2, 0.25) is 0 Å². The van der Waals surface area contributed by atoms with E-state index in [-0.39, 0.29) is 6.04 Å². The summed E-state index contributed by atoms with van der Waals surface area (Å²) in [6.45, 7) is 5.32. The summed E-state index contributed by atoms with van der Waals surface area (Å²) >= 11 is 1.77. The summed E-state index contributed by atoms with van der Waals surface area (Å²) < 4.78 is 11.3. The van der Waals surface area contributed by atoms with Gasteiger partial charge in [-0.25, -0.2) is 0 Å². The molecule has 2 N–H and O–H groups in total. The van der Waals surface area contributed by atoms with Crippen LogP contribution in [0.4, 0.5) is 0 Å². The van der Waals surface area contributed by atoms with Crippen LogP contribution in [0.3, 0.4) is 0 Å². The van der Waals surface area contributed by atoms with E-state index < -0.39 is 0 Å². The molecule has 1 aromatic rings. The second-order valence-corrected chi connectivity index (χ2v) is 5.22. The average Bonchev–Trinajstić information content (AvgIpc) is 2.32. The highest BCUT2D eigenvalue weighted by molar-refractivity contribution is 7.98. The first-order valence-corrected chi connectivity index (χ1v) is 7.69. The molecule has 0 heterocycles. The SMILES string of the molecule is CCOc1cc(CC(C)N)ccc1OCCSC. The number of benzene rings is 1. The van der Waals surface area contributed by atoms with E-state index in [2.05, 4.69) is 12.3 Å². The highest BCUT2D eigenvalue weighted by Gasteiger charge is 2.07. The summed E-state index contributed by atoms with van der Waals surface area (Å²) in [5.41, 5.74) is 7.00. The van der Waals surface area contributed by atoms with Crippen molar-refractivity contribution in [2.45, 2.75) is 26.3 Å². The number of ether oxygens (including phenoxy) is 2. The minimum absolute atomic E-state index is 0.155. The van der Waals surface area contributed by atoms with E-state index in [0.29, 0.717) is 13.2 Å². The van der Waals surface area contributed by atoms with E-state index in [1.54, 1.807) is 11.8 Å². The summed E-state index contributed by atoms with van der Waals surface area (Å²) in [5, 5.41) is 0. The van der Waals surface area contributed by atoms with Crippen LogP contribution in [0.25, 0.3) is 0 Å². The highest BCUT2D eigenvalue weighted by atomic mass is 32.2. The smallest absolute Gasteiger partial charge is 0.161 e. The van der Waals surface area contributed by atoms with Crippen LogP contribution in [0.15, 0.2) is 18.2 Å². The van der Waals surface area contributed by atoms with Crippen LogP contribution >= 0.6 is 11.8 Å². The Hall–Kier alpha value is -0.870. The summed E-state index contributed by atoms with van der Waals surface area (Å²) in [6, 6.07) is 6.22. The molecular weight excluding hydrogens is 246 g/mol. The fraction of sp³-hybridized carbons (Fsp3) is 0.571. The molecule has 0 bridgehead atoms. The Bertz CT molecular complexity index is 356. The van der Waals surface area contributed by atoms with Gasteiger partial charge in [-0.05, 0) is 44.2 Å². The molecule has 0 aliphatic rings. The van der Waals surface area contributed by atoms with Crippen LogP contribution in [-0.2, 0) is 6.42 Å². The maximum absolute atomic E-state index is 5.81. The third-order valence-electron chi connectivity index (χ3n) is 2.41. The van der Waals surface area contributed by atoms with Gasteiger partial charge >= 0.3 is 0 Å². The normalized spacial score (nSPS) is 12.2. The average molecular weight is 269 g/mol. The van der Waals surface area contributed by atoms with Gasteiger partial charge in [0.25, 0.3) is 0 Å². The van der Waals surface area contributed by atoms with Gasteiger partial charge in [-0.1, -0.05) is 6.07 Å². The fourth-order valence-electron chi connectivity index (χ4n) is 1.67. The van der Waals surface area contributed by atoms with Gasteiger partial charge in [-0.2, -0.15) is 11.8 Å². The van der Waals surface area contributed by atoms with Crippen molar-refractivity contribution in [2.75, 3.05) is 25.2 Å². The minimum atomic E-state index is 0.155. The van der Waals surface area contributed by atoms with Gasteiger partial charge in [0.05, 0.1) is 13.2 Å². The van der Waals surface area contributed by atoms with Gasteiger partial charge in [-0.15, -0.1) is 0 Å². The first kappa shape index (κ1) is 15.2. The Balaban J connectivity index is 2.75. The standard InChI is InChI=1S/C14H23NO2S/c1-4-16-14-10-12(9-11(2)15)5-6-13(14)17-7-8-18-3/h5-6,10-11H,4,7-9,15H2,1-3H3. The number of thioether (sulfide) groups is 1. The molecule has 0 aliphatic carbocycles. The molecule has 0 aromatic heterocycles. The summed E-state index contributed by atoms with van der Waals surface area (Å²) in [4.78, 5) is 0. The molecule has 1 aromatic carbocycles. The monoisotopic (exact) mass is 269 g/mol. The molecule has 3 nitrogen and oxygen atoms in total. The van der Waals surface area contributed by atoms with Crippen LogP contribution in [0.5, 0.6) is 11.5 Å². The van der Waals surface area contributed by atoms with Crippen LogP contribution in [-0.4, -0.2) is 31.3 Å². The van der Waals surface area contributed by atoms with Crippen LogP contribution in [0, 0.1) is 0 Å². The lowest BCUT2D eigenvalue weighted by Crippen LogP contribution is -2.17. The van der Waals surface area contributed by atoms with E-state index in [1.165, 1.54) is 5.56 Å². The van der Waals surface area contributed by atoms with E-state index >= 15 is 0 Å². The lowest BCUT2D eigenvalue weighted by atomic mass is 10.1. The highest BCUT2D eigenvalue weighted by Crippen LogP contribution is 2.29. The molecule has 0 amide bonds. The van der Waals surface area contributed by atoms with E-state index in [0.717, 1.165) is 23.7 Å². The summed E-state index contributed by atoms with van der Waals surface area (Å²) in [7, 11) is 0. The molecule has 4 heteroatoms. The number of hydrogen-bond donors (Lipinski definition) is 1. The molecular formula is C14H23NO2S. The Labute approximate surface area is 114 Å². The lowest BCUT2D eigenvalue weighted by molar-refractivity contribution is 0.289. The maximum Gasteiger partial charge on any atom is 0.161 e. The predicted molar refractivity (Wildman–Crippen MR) is 78.8 cm³/mol. The van der Waals surface area contributed by atoms with Gasteiger partial charge in [0.15, 0.2) is 11.5 Å². The molecule has 18 heavy (non-hydrogen) atoms. The van der Waals surface area contributed by atoms with E-state index in [4.69, 9.17) is 15.2 Å². The molecule has 0 saturated carbocycles. The summed E-state index contributed by atoms with van der Waals surface area (Å²) in [6.07, 6.45) is 2.92. The number of nitrogens with two attached hydrogens (primary N) is 1. The van der Waals surface area contributed by atoms with Crippen LogP contribution in [0.1, 0.15) is 19.4 Å². The molecule has 1 atom stereocenters. The van der Waals surface area contributed by atoms with Gasteiger partial charge in [0, 0.05) is 11.8 Å². The van der Waals surface area contributed by atoms with E-state index in [1.807, 2.05) is 26.0 Å². The predicted octanol–water partition coefficient (Wildman–Crippen LogP) is 2.72. The molecule has 1 rings (SSSR count). The van der Waals surface area contributed by atoms with Crippen molar-refractivity contribution in [1.29, 1.82) is 0 Å². The third kappa shape index (κ3) is 5.19. The molecule has 102 valence electrons. The quantitative estimate of drug-likeness (QED) is 0.737. The largest absolute Gasteiger partial charge is 0.490 e. The number of rotatable bonds is 8. The zero-order valence-corrected chi connectivity index (χ0v) is 12.3. The Kier molecular flexibility index (Phi) is 6.98. The molecule has 0 radical (unpaired) electrons. The first-order valence-electron chi connectivity index (χ1n) is 6.30. The Morgan fingerprint density at radius 1 is 1.28 bits per heavy atom. The zero-order valence-electron chi connectivity index (χ0n) is 11.4. The van der Waals surface area contributed by atoms with Crippen molar-refractivity contribution in [3.8, 4) is 11.5 Å². The van der Waals surface area contributed by atoms with Crippen molar-refractivity contribution in [1.82, 2.24) is 0 Å². The first-order chi connectivity index (χ1) is 8.67. The molecule has 0 fully saturated rings. The lowest BCUT2D eigenvalue weighted by Gasteiger charge is -2.14. The van der Waals surface area contributed by atoms with Gasteiger partial charge in [0.1, 0.15) is 0 Å². The van der Waals surface area contributed by atoms with Crippen LogP contribution in [0.2, 0.25) is 0 Å². The zero-order chi connectivity index (χ0) is 13.4. The molecule has 0 aliphatic heterocycles. The molecule has 0 saturated heterocycles. The van der Waals surface area contributed by atoms with Crippen molar-refractivity contribution < 1.29 is 9.47 Å². The Morgan fingerprint density at radius 3 is 2.67 bits per heavy atom. The third-order valence-corrected chi connectivity index (χ3v) is 2.99. The Morgan fingerprint density at radius 2 is 2.06 bits per heavy atom. The van der Waals surface area contributed by atoms with Crippen molar-refractivity contribution in [3.63, 3.8) is 0 Å². The minimum Gasteiger partial charge on any atom is -0.490 e. The second-order valence-electron chi connectivity index (χ2n) is 4.24. The number of hydrogen-bond acceptors (Lipinski definition) is 4. The van der Waals surface area contributed by atoms with Gasteiger partial charge in [-0.3, -0.25) is 0 Å². The van der Waals surface area contributed by atoms with Crippen molar-refractivity contribution in [3.05, 3.63) is 23.8 Å². The maximum atomic E-state index is 5.81. The van der Waals surface area contributed by atoms with E-state index in [9.17, 15) is 0 Å². The van der Waals surface area contributed by atoms with Crippen molar-refractivity contribution in [2.24, 2.45) is 5.73 Å². The summed E-state index contributed by atoms with van der Waals surface area (Å²) in [5.74, 6) is 2.61. The van der Waals surface area contributed by atoms with Crippen molar-refractivity contribution >= 4 is 11.8 Å². The van der Waals surface area contributed by atoms with Crippen LogP contribution < -0.4 is 15.2 Å².